The molecule has 1 fully saturated rings. The molecule has 1 heterocycles. The largest absolute Gasteiger partial charge is 0.477 e. The Balaban J connectivity index is 1.90. The average molecular weight is 411 g/mol. The fraction of sp³-hybridized carbons (Fsp3) is 0.750. The van der Waals surface area contributed by atoms with E-state index in [0.29, 0.717) is 6.61 Å². The third kappa shape index (κ3) is 7.56. The van der Waals surface area contributed by atoms with E-state index in [2.05, 4.69) is 10.4 Å². The van der Waals surface area contributed by atoms with Crippen LogP contribution >= 0.6 is 0 Å². The number of hydrogen-bond donors (Lipinski definition) is 2. The summed E-state index contributed by atoms with van der Waals surface area (Å²) in [5.74, 6) is -0.963. The topological polar surface area (TPSA) is 112 Å². The Morgan fingerprint density at radius 3 is 2.45 bits per heavy atom. The molecule has 0 aliphatic heterocycles. The number of hydrogen-bond acceptors (Lipinski definition) is 6. The van der Waals surface area contributed by atoms with Gasteiger partial charge in [0.15, 0.2) is 0 Å². The Bertz CT molecular complexity index is 687. The molecule has 29 heavy (non-hydrogen) atoms. The molecule has 0 atom stereocenters. The predicted molar refractivity (Wildman–Crippen MR) is 106 cm³/mol. The highest BCUT2D eigenvalue weighted by Crippen LogP contribution is 2.30. The highest BCUT2D eigenvalue weighted by molar-refractivity contribution is 5.89. The van der Waals surface area contributed by atoms with Gasteiger partial charge >= 0.3 is 12.1 Å². The van der Waals surface area contributed by atoms with Gasteiger partial charge in [0, 0.05) is 12.2 Å². The second-order valence-corrected chi connectivity index (χ2v) is 8.55. The second-order valence-electron chi connectivity index (χ2n) is 8.55. The lowest BCUT2D eigenvalue weighted by Crippen LogP contribution is -2.41. The van der Waals surface area contributed by atoms with E-state index in [0.717, 1.165) is 25.7 Å². The van der Waals surface area contributed by atoms with Crippen molar-refractivity contribution in [3.8, 4) is 5.88 Å². The van der Waals surface area contributed by atoms with Crippen LogP contribution in [0, 0.1) is 0 Å². The van der Waals surface area contributed by atoms with Crippen molar-refractivity contribution in [1.82, 2.24) is 15.1 Å². The SMILES string of the molecule is CC(C)OCCOc1nn(C2CCC(NC(=O)OC(C)(C)C)CC2)cc1C(=O)O. The second kappa shape index (κ2) is 9.96. The number of nitrogens with one attached hydrogen (secondary N) is 1. The van der Waals surface area contributed by atoms with E-state index in [1.165, 1.54) is 6.20 Å². The molecule has 1 amide bonds. The van der Waals surface area contributed by atoms with Crippen LogP contribution in [0.25, 0.3) is 0 Å². The molecule has 0 aromatic carbocycles. The van der Waals surface area contributed by atoms with Gasteiger partial charge in [-0.25, -0.2) is 9.59 Å². The molecule has 2 rings (SSSR count). The molecular formula is C20H33N3O6. The van der Waals surface area contributed by atoms with E-state index in [-0.39, 0.29) is 36.2 Å². The molecule has 0 saturated heterocycles. The van der Waals surface area contributed by atoms with E-state index in [1.807, 2.05) is 34.6 Å². The molecule has 0 unspecified atom stereocenters. The quantitative estimate of drug-likeness (QED) is 0.631. The number of carboxylic acid groups (broad SMARTS) is 1. The minimum absolute atomic E-state index is 0.0412. The number of aromatic nitrogens is 2. The van der Waals surface area contributed by atoms with Crippen LogP contribution in [0.15, 0.2) is 6.20 Å². The third-order valence-corrected chi connectivity index (χ3v) is 4.49. The van der Waals surface area contributed by atoms with Gasteiger partial charge in [0.1, 0.15) is 17.8 Å². The summed E-state index contributed by atoms with van der Waals surface area (Å²) in [6.45, 7) is 9.94. The monoisotopic (exact) mass is 411 g/mol. The number of carboxylic acids is 1. The lowest BCUT2D eigenvalue weighted by atomic mass is 9.91. The Hall–Kier alpha value is -2.29. The van der Waals surface area contributed by atoms with Crippen LogP contribution < -0.4 is 10.1 Å². The normalized spacial score (nSPS) is 19.8. The van der Waals surface area contributed by atoms with E-state index < -0.39 is 17.7 Å². The maximum atomic E-state index is 11.9. The van der Waals surface area contributed by atoms with Crippen LogP contribution in [-0.4, -0.2) is 57.9 Å². The fourth-order valence-electron chi connectivity index (χ4n) is 3.20. The summed E-state index contributed by atoms with van der Waals surface area (Å²) in [6.07, 6.45) is 4.28. The van der Waals surface area contributed by atoms with Crippen LogP contribution in [0.4, 0.5) is 4.79 Å². The van der Waals surface area contributed by atoms with Gasteiger partial charge in [-0.3, -0.25) is 4.68 Å². The van der Waals surface area contributed by atoms with Gasteiger partial charge in [-0.2, -0.15) is 0 Å². The van der Waals surface area contributed by atoms with E-state index in [4.69, 9.17) is 14.2 Å². The number of carbonyl (C=O) groups is 2. The van der Waals surface area contributed by atoms with Gasteiger partial charge in [-0.05, 0) is 60.3 Å². The van der Waals surface area contributed by atoms with Crippen molar-refractivity contribution >= 4 is 12.1 Å². The smallest absolute Gasteiger partial charge is 0.407 e. The van der Waals surface area contributed by atoms with Crippen LogP contribution in [0.1, 0.15) is 76.7 Å². The van der Waals surface area contributed by atoms with Crippen molar-refractivity contribution in [2.24, 2.45) is 0 Å². The molecular weight excluding hydrogens is 378 g/mol. The van der Waals surface area contributed by atoms with E-state index >= 15 is 0 Å². The van der Waals surface area contributed by atoms with Crippen LogP contribution in [-0.2, 0) is 9.47 Å². The van der Waals surface area contributed by atoms with E-state index in [1.54, 1.807) is 4.68 Å². The van der Waals surface area contributed by atoms with Crippen LogP contribution in [0.2, 0.25) is 0 Å². The number of alkyl carbamates (subject to hydrolysis) is 1. The summed E-state index contributed by atoms with van der Waals surface area (Å²) in [5.41, 5.74) is -0.483. The Morgan fingerprint density at radius 1 is 1.24 bits per heavy atom. The van der Waals surface area contributed by atoms with Crippen molar-refractivity contribution in [3.05, 3.63) is 11.8 Å². The molecule has 9 nitrogen and oxygen atoms in total. The molecule has 1 aliphatic carbocycles. The molecule has 0 radical (unpaired) electrons. The van der Waals surface area contributed by atoms with Gasteiger partial charge in [-0.1, -0.05) is 0 Å². The van der Waals surface area contributed by atoms with Crippen molar-refractivity contribution in [2.75, 3.05) is 13.2 Å². The fourth-order valence-corrected chi connectivity index (χ4v) is 3.20. The summed E-state index contributed by atoms with van der Waals surface area (Å²) in [6, 6.07) is 0.105. The van der Waals surface area contributed by atoms with Crippen LogP contribution in [0.5, 0.6) is 5.88 Å². The number of aromatic carboxylic acids is 1. The molecule has 0 bridgehead atoms. The summed E-state index contributed by atoms with van der Waals surface area (Å²) >= 11 is 0. The summed E-state index contributed by atoms with van der Waals surface area (Å²) in [7, 11) is 0. The lowest BCUT2D eigenvalue weighted by molar-refractivity contribution is 0.0485. The molecule has 1 saturated carbocycles. The van der Waals surface area contributed by atoms with Gasteiger partial charge in [0.2, 0.25) is 5.88 Å². The number of amides is 1. The molecule has 1 aliphatic rings. The summed E-state index contributed by atoms with van der Waals surface area (Å²) in [5, 5.41) is 16.7. The molecule has 1 aromatic rings. The Labute approximate surface area is 171 Å². The average Bonchev–Trinajstić information content (AvgIpc) is 3.02. The minimum atomic E-state index is -1.07. The van der Waals surface area contributed by atoms with Gasteiger partial charge in [-0.15, -0.1) is 5.10 Å². The van der Waals surface area contributed by atoms with Crippen molar-refractivity contribution in [3.63, 3.8) is 0 Å². The zero-order valence-corrected chi connectivity index (χ0v) is 17.9. The standard InChI is InChI=1S/C20H33N3O6/c1-13(2)27-10-11-28-17-16(18(24)25)12-23(22-17)15-8-6-14(7-9-15)21-19(26)29-20(3,4)5/h12-15H,6-11H2,1-5H3,(H,21,26)(H,24,25). The Morgan fingerprint density at radius 2 is 1.90 bits per heavy atom. The minimum Gasteiger partial charge on any atom is -0.477 e. The summed E-state index contributed by atoms with van der Waals surface area (Å²) in [4.78, 5) is 23.4. The molecule has 9 heteroatoms. The lowest BCUT2D eigenvalue weighted by Gasteiger charge is -2.30. The molecule has 2 N–H and O–H groups in total. The molecule has 1 aromatic heterocycles. The van der Waals surface area contributed by atoms with Crippen LogP contribution in [0.3, 0.4) is 0 Å². The number of ether oxygens (including phenoxy) is 3. The zero-order chi connectivity index (χ0) is 21.6. The highest BCUT2D eigenvalue weighted by atomic mass is 16.6. The van der Waals surface area contributed by atoms with E-state index in [9.17, 15) is 14.7 Å². The first kappa shape index (κ1) is 23.0. The number of rotatable bonds is 8. The number of carbonyl (C=O) groups excluding carboxylic acids is 1. The molecule has 0 spiro atoms. The third-order valence-electron chi connectivity index (χ3n) is 4.49. The van der Waals surface area contributed by atoms with Crippen molar-refractivity contribution in [2.45, 2.75) is 84.1 Å². The van der Waals surface area contributed by atoms with Crippen molar-refractivity contribution in [1.29, 1.82) is 0 Å². The van der Waals surface area contributed by atoms with Crippen molar-refractivity contribution < 1.29 is 28.9 Å². The maximum Gasteiger partial charge on any atom is 0.407 e. The maximum absolute atomic E-state index is 11.9. The zero-order valence-electron chi connectivity index (χ0n) is 17.9. The predicted octanol–water partition coefficient (Wildman–Crippen LogP) is 3.39. The Kier molecular flexibility index (Phi) is 7.89. The highest BCUT2D eigenvalue weighted by Gasteiger charge is 2.28. The summed E-state index contributed by atoms with van der Waals surface area (Å²) < 4.78 is 17.9. The first-order valence-corrected chi connectivity index (χ1v) is 10.1. The first-order valence-electron chi connectivity index (χ1n) is 10.1. The van der Waals surface area contributed by atoms with Gasteiger partial charge < -0.3 is 24.6 Å². The molecule has 164 valence electrons. The number of nitrogens with zero attached hydrogens (tertiary/aromatic N) is 2. The van der Waals surface area contributed by atoms with Gasteiger partial charge in [0.25, 0.3) is 0 Å². The van der Waals surface area contributed by atoms with Gasteiger partial charge in [0.05, 0.1) is 18.8 Å². The first-order chi connectivity index (χ1) is 13.5.